The lowest BCUT2D eigenvalue weighted by molar-refractivity contribution is 0.425. The van der Waals surface area contributed by atoms with E-state index >= 15 is 0 Å². The van der Waals surface area contributed by atoms with Crippen molar-refractivity contribution in [2.75, 3.05) is 6.54 Å². The highest BCUT2D eigenvalue weighted by Gasteiger charge is 2.29. The van der Waals surface area contributed by atoms with Crippen molar-refractivity contribution < 1.29 is 0 Å². The molecular weight excluding hydrogens is 366 g/mol. The van der Waals surface area contributed by atoms with Crippen molar-refractivity contribution >= 4 is 22.6 Å². The van der Waals surface area contributed by atoms with Crippen molar-refractivity contribution in [3.63, 3.8) is 0 Å². The SMILES string of the molecule is Cc1ccc2c(c1)nc(C)n2[C@@H]1CC[C@@H](NCC2Cc3ccc(Cl)cc3C2)C1. The third kappa shape index (κ3) is 3.35. The van der Waals surface area contributed by atoms with Crippen LogP contribution in [0, 0.1) is 19.8 Å². The number of aryl methyl sites for hydroxylation is 2. The summed E-state index contributed by atoms with van der Waals surface area (Å²) in [5.74, 6) is 1.85. The van der Waals surface area contributed by atoms with Crippen molar-refractivity contribution in [2.24, 2.45) is 5.92 Å². The Kier molecular flexibility index (Phi) is 4.68. The van der Waals surface area contributed by atoms with E-state index in [-0.39, 0.29) is 0 Å². The lowest BCUT2D eigenvalue weighted by Crippen LogP contribution is -2.32. The monoisotopic (exact) mass is 393 g/mol. The molecule has 0 aliphatic heterocycles. The third-order valence-electron chi connectivity index (χ3n) is 6.67. The van der Waals surface area contributed by atoms with Crippen molar-refractivity contribution in [1.29, 1.82) is 0 Å². The first-order valence-corrected chi connectivity index (χ1v) is 10.9. The molecule has 1 saturated carbocycles. The summed E-state index contributed by atoms with van der Waals surface area (Å²) < 4.78 is 2.48. The highest BCUT2D eigenvalue weighted by atomic mass is 35.5. The van der Waals surface area contributed by atoms with Gasteiger partial charge in [-0.25, -0.2) is 4.98 Å². The second-order valence-electron chi connectivity index (χ2n) is 8.78. The summed E-state index contributed by atoms with van der Waals surface area (Å²) in [5, 5.41) is 4.74. The molecule has 0 spiro atoms. The summed E-state index contributed by atoms with van der Waals surface area (Å²) in [6.45, 7) is 5.39. The van der Waals surface area contributed by atoms with Crippen LogP contribution in [-0.2, 0) is 12.8 Å². The molecule has 3 aromatic rings. The summed E-state index contributed by atoms with van der Waals surface area (Å²) >= 11 is 6.16. The average Bonchev–Trinajstić information content (AvgIpc) is 3.35. The molecule has 1 N–H and O–H groups in total. The topological polar surface area (TPSA) is 29.9 Å². The fourth-order valence-electron chi connectivity index (χ4n) is 5.32. The minimum atomic E-state index is 0.560. The molecule has 28 heavy (non-hydrogen) atoms. The Morgan fingerprint density at radius 2 is 1.93 bits per heavy atom. The Morgan fingerprint density at radius 1 is 1.07 bits per heavy atom. The summed E-state index contributed by atoms with van der Waals surface area (Å²) in [4.78, 5) is 4.81. The van der Waals surface area contributed by atoms with Gasteiger partial charge in [-0.2, -0.15) is 0 Å². The minimum Gasteiger partial charge on any atom is -0.325 e. The van der Waals surface area contributed by atoms with Gasteiger partial charge >= 0.3 is 0 Å². The molecule has 0 radical (unpaired) electrons. The number of fused-ring (bicyclic) bond motifs is 2. The van der Waals surface area contributed by atoms with E-state index in [2.05, 4.69) is 54.1 Å². The van der Waals surface area contributed by atoms with E-state index in [9.17, 15) is 0 Å². The normalized spacial score (nSPS) is 24.2. The van der Waals surface area contributed by atoms with Gasteiger partial charge in [0.2, 0.25) is 0 Å². The number of halogens is 1. The Labute approximate surface area is 172 Å². The number of nitrogens with one attached hydrogen (secondary N) is 1. The summed E-state index contributed by atoms with van der Waals surface area (Å²) in [6, 6.07) is 14.2. The fourth-order valence-corrected chi connectivity index (χ4v) is 5.52. The van der Waals surface area contributed by atoms with E-state index in [1.807, 2.05) is 6.07 Å². The van der Waals surface area contributed by atoms with Gasteiger partial charge in [0, 0.05) is 17.1 Å². The maximum Gasteiger partial charge on any atom is 0.106 e. The van der Waals surface area contributed by atoms with Gasteiger partial charge in [0.1, 0.15) is 5.82 Å². The first-order valence-electron chi connectivity index (χ1n) is 10.5. The van der Waals surface area contributed by atoms with Crippen molar-refractivity contribution in [3.8, 4) is 0 Å². The first kappa shape index (κ1) is 18.2. The second kappa shape index (κ2) is 7.20. The van der Waals surface area contributed by atoms with E-state index in [1.165, 1.54) is 47.9 Å². The lowest BCUT2D eigenvalue weighted by Gasteiger charge is -2.18. The first-order chi connectivity index (χ1) is 13.6. The van der Waals surface area contributed by atoms with E-state index in [4.69, 9.17) is 16.6 Å². The van der Waals surface area contributed by atoms with E-state index in [1.54, 1.807) is 0 Å². The van der Waals surface area contributed by atoms with Gasteiger partial charge in [-0.05, 0) is 99.4 Å². The maximum absolute atomic E-state index is 6.16. The number of hydrogen-bond acceptors (Lipinski definition) is 2. The van der Waals surface area contributed by atoms with Crippen LogP contribution in [0.2, 0.25) is 5.02 Å². The van der Waals surface area contributed by atoms with Gasteiger partial charge in [-0.1, -0.05) is 23.7 Å². The van der Waals surface area contributed by atoms with E-state index < -0.39 is 0 Å². The molecule has 1 aromatic heterocycles. The molecule has 5 rings (SSSR count). The molecule has 2 aromatic carbocycles. The summed E-state index contributed by atoms with van der Waals surface area (Å²) in [7, 11) is 0. The van der Waals surface area contributed by atoms with Crippen LogP contribution in [-0.4, -0.2) is 22.1 Å². The smallest absolute Gasteiger partial charge is 0.106 e. The zero-order valence-electron chi connectivity index (χ0n) is 16.7. The van der Waals surface area contributed by atoms with Crippen LogP contribution in [0.1, 0.15) is 47.8 Å². The number of rotatable bonds is 4. The van der Waals surface area contributed by atoms with Gasteiger partial charge in [0.15, 0.2) is 0 Å². The lowest BCUT2D eigenvalue weighted by atomic mass is 10.1. The van der Waals surface area contributed by atoms with Crippen molar-refractivity contribution in [1.82, 2.24) is 14.9 Å². The van der Waals surface area contributed by atoms with Crippen LogP contribution in [0.3, 0.4) is 0 Å². The van der Waals surface area contributed by atoms with Gasteiger partial charge < -0.3 is 9.88 Å². The molecule has 146 valence electrons. The van der Waals surface area contributed by atoms with Crippen molar-refractivity contribution in [2.45, 2.75) is 58.0 Å². The number of hydrogen-bond donors (Lipinski definition) is 1. The molecule has 2 aliphatic rings. The Morgan fingerprint density at radius 3 is 2.82 bits per heavy atom. The second-order valence-corrected chi connectivity index (χ2v) is 9.22. The molecule has 3 atom stereocenters. The van der Waals surface area contributed by atoms with Crippen LogP contribution in [0.5, 0.6) is 0 Å². The summed E-state index contributed by atoms with van der Waals surface area (Å²) in [6.07, 6.45) is 6.02. The van der Waals surface area contributed by atoms with Gasteiger partial charge in [0.25, 0.3) is 0 Å². The highest BCUT2D eigenvalue weighted by molar-refractivity contribution is 6.30. The third-order valence-corrected chi connectivity index (χ3v) is 6.91. The largest absolute Gasteiger partial charge is 0.325 e. The van der Waals surface area contributed by atoms with Crippen LogP contribution in [0.15, 0.2) is 36.4 Å². The molecule has 0 saturated heterocycles. The Bertz CT molecular complexity index is 1020. The number of imidazole rings is 1. The van der Waals surface area contributed by atoms with E-state index in [0.29, 0.717) is 18.0 Å². The quantitative estimate of drug-likeness (QED) is 0.642. The predicted octanol–water partition coefficient (Wildman–Crippen LogP) is 5.40. The molecule has 2 aliphatic carbocycles. The minimum absolute atomic E-state index is 0.560. The Balaban J connectivity index is 1.22. The average molecular weight is 394 g/mol. The molecule has 3 nitrogen and oxygen atoms in total. The molecule has 1 fully saturated rings. The predicted molar refractivity (Wildman–Crippen MR) is 116 cm³/mol. The molecule has 4 heteroatoms. The highest BCUT2D eigenvalue weighted by Crippen LogP contribution is 2.35. The standard InChI is InChI=1S/C24H28ClN3/c1-15-3-8-24-23(9-15)27-16(2)28(24)22-7-6-21(13-22)26-14-17-10-18-4-5-20(25)12-19(18)11-17/h3-5,8-9,12,17,21-22,26H,6-7,10-11,13-14H2,1-2H3/t17?,21-,22-/m1/s1. The van der Waals surface area contributed by atoms with Crippen LogP contribution < -0.4 is 5.32 Å². The van der Waals surface area contributed by atoms with Crippen LogP contribution >= 0.6 is 11.6 Å². The van der Waals surface area contributed by atoms with Crippen LogP contribution in [0.25, 0.3) is 11.0 Å². The van der Waals surface area contributed by atoms with Gasteiger partial charge in [-0.15, -0.1) is 0 Å². The van der Waals surface area contributed by atoms with Gasteiger partial charge in [-0.3, -0.25) is 0 Å². The Hall–Kier alpha value is -1.84. The van der Waals surface area contributed by atoms with Crippen LogP contribution in [0.4, 0.5) is 0 Å². The number of nitrogens with zero attached hydrogens (tertiary/aromatic N) is 2. The maximum atomic E-state index is 6.16. The zero-order valence-corrected chi connectivity index (χ0v) is 17.5. The summed E-state index contributed by atoms with van der Waals surface area (Å²) in [5.41, 5.74) is 6.63. The van der Waals surface area contributed by atoms with E-state index in [0.717, 1.165) is 29.3 Å². The number of aromatic nitrogens is 2. The number of benzene rings is 2. The molecule has 0 amide bonds. The fraction of sp³-hybridized carbons (Fsp3) is 0.458. The van der Waals surface area contributed by atoms with Gasteiger partial charge in [0.05, 0.1) is 11.0 Å². The molecule has 0 bridgehead atoms. The molecule has 1 heterocycles. The molecular formula is C24H28ClN3. The zero-order chi connectivity index (χ0) is 19.3. The molecule has 1 unspecified atom stereocenters. The van der Waals surface area contributed by atoms with Crippen molar-refractivity contribution in [3.05, 3.63) is 63.9 Å².